The van der Waals surface area contributed by atoms with Crippen molar-refractivity contribution in [2.24, 2.45) is 7.05 Å². The van der Waals surface area contributed by atoms with E-state index in [1.165, 1.54) is 23.4 Å². The number of rotatable bonds is 5. The molecule has 2 aliphatic rings. The van der Waals surface area contributed by atoms with Crippen molar-refractivity contribution in [3.8, 4) is 0 Å². The zero-order valence-electron chi connectivity index (χ0n) is 13.5. The highest BCUT2D eigenvalue weighted by Gasteiger charge is 2.43. The van der Waals surface area contributed by atoms with Crippen LogP contribution in [-0.2, 0) is 23.8 Å². The number of thiophene rings is 1. The van der Waals surface area contributed by atoms with Crippen molar-refractivity contribution in [2.75, 3.05) is 0 Å². The molecule has 0 saturated heterocycles. The van der Waals surface area contributed by atoms with Crippen LogP contribution in [0.15, 0.2) is 23.6 Å². The van der Waals surface area contributed by atoms with E-state index in [1.807, 2.05) is 17.8 Å². The third-order valence-corrected chi connectivity index (χ3v) is 6.35. The van der Waals surface area contributed by atoms with Gasteiger partial charge in [0, 0.05) is 23.5 Å². The summed E-state index contributed by atoms with van der Waals surface area (Å²) in [4.78, 5) is 14.2. The molecule has 4 rings (SSSR count). The van der Waals surface area contributed by atoms with Gasteiger partial charge in [-0.2, -0.15) is 5.10 Å². The van der Waals surface area contributed by atoms with E-state index in [0.29, 0.717) is 12.5 Å². The van der Waals surface area contributed by atoms with Crippen molar-refractivity contribution in [1.82, 2.24) is 15.1 Å². The number of nitrogens with one attached hydrogen (secondary N) is 1. The largest absolute Gasteiger partial charge is 0.350 e. The summed E-state index contributed by atoms with van der Waals surface area (Å²) in [6.07, 6.45) is 6.75. The van der Waals surface area contributed by atoms with Gasteiger partial charge in [-0.3, -0.25) is 9.48 Å². The van der Waals surface area contributed by atoms with Crippen molar-refractivity contribution in [2.45, 2.75) is 56.4 Å². The van der Waals surface area contributed by atoms with Gasteiger partial charge in [-0.1, -0.05) is 18.9 Å². The van der Waals surface area contributed by atoms with Crippen molar-refractivity contribution < 1.29 is 4.79 Å². The highest BCUT2D eigenvalue weighted by molar-refractivity contribution is 7.10. The van der Waals surface area contributed by atoms with Crippen molar-refractivity contribution >= 4 is 17.2 Å². The minimum Gasteiger partial charge on any atom is -0.350 e. The van der Waals surface area contributed by atoms with E-state index >= 15 is 0 Å². The number of aryl methyl sites for hydroxylation is 1. The first kappa shape index (κ1) is 14.9. The molecule has 0 atom stereocenters. The Balaban J connectivity index is 1.47. The van der Waals surface area contributed by atoms with E-state index in [4.69, 9.17) is 0 Å². The Hall–Kier alpha value is -1.62. The maximum Gasteiger partial charge on any atom is 0.231 e. The Labute approximate surface area is 140 Å². The maximum absolute atomic E-state index is 12.9. The van der Waals surface area contributed by atoms with Crippen LogP contribution in [0, 0.1) is 0 Å². The van der Waals surface area contributed by atoms with E-state index in [0.717, 1.165) is 31.4 Å². The van der Waals surface area contributed by atoms with Gasteiger partial charge in [-0.15, -0.1) is 11.3 Å². The normalized spacial score (nSPS) is 19.9. The summed E-state index contributed by atoms with van der Waals surface area (Å²) in [6, 6.07) is 6.32. The first-order valence-electron chi connectivity index (χ1n) is 8.54. The van der Waals surface area contributed by atoms with Gasteiger partial charge in [0.15, 0.2) is 0 Å². The predicted molar refractivity (Wildman–Crippen MR) is 91.5 cm³/mol. The topological polar surface area (TPSA) is 46.9 Å². The molecule has 1 N–H and O–H groups in total. The summed E-state index contributed by atoms with van der Waals surface area (Å²) in [7, 11) is 2.00. The second kappa shape index (κ2) is 5.78. The number of hydrogen-bond donors (Lipinski definition) is 1. The van der Waals surface area contributed by atoms with Gasteiger partial charge in [0.05, 0.1) is 17.7 Å². The lowest BCUT2D eigenvalue weighted by atomic mass is 9.83. The molecule has 0 unspecified atom stereocenters. The SMILES string of the molecule is Cn1nc(CNC(=O)C2(c3cccs3)CCCC2)cc1C1CC1. The van der Waals surface area contributed by atoms with Crippen molar-refractivity contribution in [3.05, 3.63) is 39.8 Å². The molecule has 2 aliphatic carbocycles. The van der Waals surface area contributed by atoms with Gasteiger partial charge in [-0.05, 0) is 43.2 Å². The molecule has 2 fully saturated rings. The van der Waals surface area contributed by atoms with Crippen LogP contribution in [0.5, 0.6) is 0 Å². The monoisotopic (exact) mass is 329 g/mol. The fourth-order valence-electron chi connectivity index (χ4n) is 3.85. The quantitative estimate of drug-likeness (QED) is 0.913. The Morgan fingerprint density at radius 2 is 2.22 bits per heavy atom. The summed E-state index contributed by atoms with van der Waals surface area (Å²) in [5.74, 6) is 0.861. The highest BCUT2D eigenvalue weighted by atomic mass is 32.1. The van der Waals surface area contributed by atoms with Crippen LogP contribution < -0.4 is 5.32 Å². The standard InChI is InChI=1S/C18H23N3OS/c1-21-15(13-6-7-13)11-14(20-21)12-19-17(22)18(8-2-3-9-18)16-5-4-10-23-16/h4-5,10-11,13H,2-3,6-9,12H2,1H3,(H,19,22). The lowest BCUT2D eigenvalue weighted by Gasteiger charge is -2.26. The van der Waals surface area contributed by atoms with Crippen molar-refractivity contribution in [1.29, 1.82) is 0 Å². The number of carbonyl (C=O) groups is 1. The number of aromatic nitrogens is 2. The average Bonchev–Trinajstić information content (AvgIpc) is 2.99. The van der Waals surface area contributed by atoms with Crippen LogP contribution in [0.25, 0.3) is 0 Å². The minimum absolute atomic E-state index is 0.177. The van der Waals surface area contributed by atoms with Gasteiger partial charge in [0.25, 0.3) is 0 Å². The molecule has 2 saturated carbocycles. The second-order valence-corrected chi connectivity index (χ2v) is 7.86. The molecule has 0 aromatic carbocycles. The van der Waals surface area contributed by atoms with Crippen LogP contribution in [0.4, 0.5) is 0 Å². The molecule has 2 heterocycles. The van der Waals surface area contributed by atoms with Crippen LogP contribution in [-0.4, -0.2) is 15.7 Å². The molecule has 0 aliphatic heterocycles. The van der Waals surface area contributed by atoms with E-state index in [1.54, 1.807) is 11.3 Å². The fraction of sp³-hybridized carbons (Fsp3) is 0.556. The Morgan fingerprint density at radius 1 is 1.43 bits per heavy atom. The summed E-state index contributed by atoms with van der Waals surface area (Å²) in [5.41, 5.74) is 1.98. The summed E-state index contributed by atoms with van der Waals surface area (Å²) < 4.78 is 1.98. The molecule has 2 aromatic heterocycles. The van der Waals surface area contributed by atoms with Crippen LogP contribution in [0.1, 0.15) is 60.7 Å². The number of carbonyl (C=O) groups excluding carboxylic acids is 1. The Bertz CT molecular complexity index is 694. The average molecular weight is 329 g/mol. The van der Waals surface area contributed by atoms with Crippen molar-refractivity contribution in [3.63, 3.8) is 0 Å². The molecule has 4 nitrogen and oxygen atoms in total. The van der Waals surface area contributed by atoms with Crippen LogP contribution >= 0.6 is 11.3 Å². The second-order valence-electron chi connectivity index (χ2n) is 6.91. The van der Waals surface area contributed by atoms with E-state index in [-0.39, 0.29) is 11.3 Å². The van der Waals surface area contributed by atoms with E-state index in [9.17, 15) is 4.79 Å². The first-order valence-corrected chi connectivity index (χ1v) is 9.42. The lowest BCUT2D eigenvalue weighted by Crippen LogP contribution is -2.41. The molecule has 23 heavy (non-hydrogen) atoms. The molecular formula is C18H23N3OS. The van der Waals surface area contributed by atoms with E-state index in [2.05, 4.69) is 27.9 Å². The zero-order chi connectivity index (χ0) is 15.9. The molecule has 1 amide bonds. The molecule has 5 heteroatoms. The summed E-state index contributed by atoms with van der Waals surface area (Å²) in [5, 5.41) is 9.80. The number of amides is 1. The fourth-order valence-corrected chi connectivity index (χ4v) is 4.83. The molecule has 0 bridgehead atoms. The highest BCUT2D eigenvalue weighted by Crippen LogP contribution is 2.43. The third-order valence-electron chi connectivity index (χ3n) is 5.28. The molecule has 122 valence electrons. The Morgan fingerprint density at radius 3 is 2.87 bits per heavy atom. The minimum atomic E-state index is -0.303. The summed E-state index contributed by atoms with van der Waals surface area (Å²) in [6.45, 7) is 0.534. The van der Waals surface area contributed by atoms with E-state index < -0.39 is 0 Å². The zero-order valence-corrected chi connectivity index (χ0v) is 14.4. The molecular weight excluding hydrogens is 306 g/mol. The van der Waals surface area contributed by atoms with Crippen LogP contribution in [0.2, 0.25) is 0 Å². The number of hydrogen-bond acceptors (Lipinski definition) is 3. The number of nitrogens with zero attached hydrogens (tertiary/aromatic N) is 2. The van der Waals surface area contributed by atoms with Gasteiger partial charge in [0.1, 0.15) is 0 Å². The van der Waals surface area contributed by atoms with Gasteiger partial charge < -0.3 is 5.32 Å². The summed E-state index contributed by atoms with van der Waals surface area (Å²) >= 11 is 1.71. The van der Waals surface area contributed by atoms with Gasteiger partial charge in [-0.25, -0.2) is 0 Å². The molecule has 0 spiro atoms. The third kappa shape index (κ3) is 2.71. The van der Waals surface area contributed by atoms with Crippen LogP contribution in [0.3, 0.4) is 0 Å². The van der Waals surface area contributed by atoms with Gasteiger partial charge in [0.2, 0.25) is 5.91 Å². The van der Waals surface area contributed by atoms with Gasteiger partial charge >= 0.3 is 0 Å². The lowest BCUT2D eigenvalue weighted by molar-refractivity contribution is -0.126. The smallest absolute Gasteiger partial charge is 0.231 e. The molecule has 0 radical (unpaired) electrons. The predicted octanol–water partition coefficient (Wildman–Crippen LogP) is 3.49. The Kier molecular flexibility index (Phi) is 3.76. The maximum atomic E-state index is 12.9. The first-order chi connectivity index (χ1) is 11.2. The molecule has 2 aromatic rings.